The number of hydrogen-bond donors (Lipinski definition) is 1. The Morgan fingerprint density at radius 3 is 2.45 bits per heavy atom. The summed E-state index contributed by atoms with van der Waals surface area (Å²) in [7, 11) is 1.29. The molecule has 2 rings (SSSR count). The van der Waals surface area contributed by atoms with Crippen molar-refractivity contribution in [3.63, 3.8) is 0 Å². The van der Waals surface area contributed by atoms with Crippen LogP contribution in [-0.2, 0) is 13.2 Å². The molecule has 0 aliphatic rings. The Morgan fingerprint density at radius 1 is 1.27 bits per heavy atom. The van der Waals surface area contributed by atoms with Gasteiger partial charge in [-0.2, -0.15) is 18.3 Å². The van der Waals surface area contributed by atoms with Gasteiger partial charge in [-0.3, -0.25) is 9.48 Å². The first-order valence-electron chi connectivity index (χ1n) is 6.00. The van der Waals surface area contributed by atoms with Crippen LogP contribution in [0.5, 0.6) is 0 Å². The van der Waals surface area contributed by atoms with Crippen LogP contribution < -0.4 is 5.32 Å². The number of alkyl halides is 5. The predicted molar refractivity (Wildman–Crippen MR) is 67.6 cm³/mol. The van der Waals surface area contributed by atoms with Gasteiger partial charge in [-0.1, -0.05) is 12.1 Å². The summed E-state index contributed by atoms with van der Waals surface area (Å²) in [6.07, 6.45) is -7.55. The molecule has 0 aliphatic carbocycles. The number of halogens is 5. The van der Waals surface area contributed by atoms with Crippen molar-refractivity contribution in [1.29, 1.82) is 0 Å². The van der Waals surface area contributed by atoms with E-state index in [4.69, 9.17) is 0 Å². The molecule has 1 aromatic heterocycles. The molecular weight excluding hydrogens is 309 g/mol. The topological polar surface area (TPSA) is 46.9 Å². The minimum absolute atomic E-state index is 0.128. The molecule has 0 saturated carbocycles. The Balaban J connectivity index is 2.31. The van der Waals surface area contributed by atoms with Crippen LogP contribution in [-0.4, -0.2) is 15.7 Å². The van der Waals surface area contributed by atoms with Crippen LogP contribution in [0.3, 0.4) is 0 Å². The molecule has 2 aromatic rings. The predicted octanol–water partition coefficient (Wildman–Crippen LogP) is 3.63. The van der Waals surface area contributed by atoms with Gasteiger partial charge in [0.15, 0.2) is 0 Å². The lowest BCUT2D eigenvalue weighted by Gasteiger charge is -2.12. The van der Waals surface area contributed by atoms with Gasteiger partial charge in [-0.05, 0) is 12.1 Å². The van der Waals surface area contributed by atoms with Crippen LogP contribution in [0, 0.1) is 0 Å². The number of hydrogen-bond acceptors (Lipinski definition) is 2. The fraction of sp³-hybridized carbons (Fsp3) is 0.231. The fourth-order valence-electron chi connectivity index (χ4n) is 1.83. The fourth-order valence-corrected chi connectivity index (χ4v) is 1.83. The van der Waals surface area contributed by atoms with E-state index in [1.54, 1.807) is 0 Å². The largest absolute Gasteiger partial charge is 0.417 e. The van der Waals surface area contributed by atoms with Gasteiger partial charge in [-0.25, -0.2) is 8.78 Å². The van der Waals surface area contributed by atoms with Crippen LogP contribution in [0.1, 0.15) is 28.0 Å². The van der Waals surface area contributed by atoms with E-state index in [0.29, 0.717) is 0 Å². The van der Waals surface area contributed by atoms with Crippen LogP contribution in [0.25, 0.3) is 0 Å². The van der Waals surface area contributed by atoms with Gasteiger partial charge in [-0.15, -0.1) is 0 Å². The average molecular weight is 319 g/mol. The monoisotopic (exact) mass is 319 g/mol. The lowest BCUT2D eigenvalue weighted by atomic mass is 10.1. The minimum atomic E-state index is -4.70. The molecule has 0 radical (unpaired) electrons. The number of aryl methyl sites for hydroxylation is 1. The average Bonchev–Trinajstić information content (AvgIpc) is 2.79. The summed E-state index contributed by atoms with van der Waals surface area (Å²) in [4.78, 5) is 12.0. The molecular formula is C13H10F5N3O. The van der Waals surface area contributed by atoms with Crippen LogP contribution in [0.2, 0.25) is 0 Å². The third kappa shape index (κ3) is 3.23. The molecule has 0 aliphatic heterocycles. The van der Waals surface area contributed by atoms with E-state index in [2.05, 4.69) is 10.4 Å². The van der Waals surface area contributed by atoms with Gasteiger partial charge in [0.05, 0.1) is 11.1 Å². The number of carbonyl (C=O) groups excluding carboxylic acids is 1. The maximum atomic E-state index is 12.8. The lowest BCUT2D eigenvalue weighted by molar-refractivity contribution is -0.137. The second-order valence-electron chi connectivity index (χ2n) is 4.38. The summed E-state index contributed by atoms with van der Waals surface area (Å²) in [5.41, 5.74) is -2.29. The first-order valence-corrected chi connectivity index (χ1v) is 6.00. The highest BCUT2D eigenvalue weighted by Crippen LogP contribution is 2.32. The first kappa shape index (κ1) is 15.9. The van der Waals surface area contributed by atoms with E-state index in [-0.39, 0.29) is 5.82 Å². The molecule has 1 aromatic carbocycles. The third-order valence-corrected chi connectivity index (χ3v) is 2.84. The standard InChI is InChI=1S/C13H10F5N3O/c1-21-10(6-9(20-21)11(14)15)19-12(22)7-4-2-3-5-8(7)13(16,17)18/h2-6,11H,1H3,(H,19,22). The Hall–Kier alpha value is -2.45. The molecule has 0 saturated heterocycles. The number of nitrogens with one attached hydrogen (secondary N) is 1. The lowest BCUT2D eigenvalue weighted by Crippen LogP contribution is -2.19. The van der Waals surface area contributed by atoms with Gasteiger partial charge >= 0.3 is 6.18 Å². The number of rotatable bonds is 3. The summed E-state index contributed by atoms with van der Waals surface area (Å²) in [5, 5.41) is 5.60. The number of nitrogens with zero attached hydrogens (tertiary/aromatic N) is 2. The van der Waals surface area contributed by atoms with Gasteiger partial charge in [0.1, 0.15) is 11.5 Å². The Labute approximate surface area is 121 Å². The zero-order valence-electron chi connectivity index (χ0n) is 11.2. The maximum absolute atomic E-state index is 12.8. The molecule has 0 unspecified atom stereocenters. The SMILES string of the molecule is Cn1nc(C(F)F)cc1NC(=O)c1ccccc1C(F)(F)F. The Morgan fingerprint density at radius 2 is 1.91 bits per heavy atom. The quantitative estimate of drug-likeness (QED) is 0.878. The van der Waals surface area contributed by atoms with E-state index in [1.165, 1.54) is 13.1 Å². The van der Waals surface area contributed by atoms with Crippen molar-refractivity contribution >= 4 is 11.7 Å². The summed E-state index contributed by atoms with van der Waals surface area (Å²) in [6, 6.07) is 5.10. The molecule has 0 atom stereocenters. The van der Waals surface area contributed by atoms with Crippen molar-refractivity contribution in [2.45, 2.75) is 12.6 Å². The highest BCUT2D eigenvalue weighted by molar-refractivity contribution is 6.05. The Kier molecular flexibility index (Phi) is 4.16. The number of carbonyl (C=O) groups is 1. The molecule has 22 heavy (non-hydrogen) atoms. The second kappa shape index (κ2) is 5.74. The van der Waals surface area contributed by atoms with Crippen LogP contribution >= 0.6 is 0 Å². The minimum Gasteiger partial charge on any atom is -0.307 e. The molecule has 1 N–H and O–H groups in total. The van der Waals surface area contributed by atoms with E-state index < -0.39 is 35.3 Å². The zero-order chi connectivity index (χ0) is 16.5. The number of anilines is 1. The zero-order valence-corrected chi connectivity index (χ0v) is 11.2. The van der Waals surface area contributed by atoms with Gasteiger partial charge in [0.2, 0.25) is 0 Å². The summed E-state index contributed by atoms with van der Waals surface area (Å²) < 4.78 is 64.5. The van der Waals surface area contributed by atoms with E-state index in [0.717, 1.165) is 28.9 Å². The number of benzene rings is 1. The van der Waals surface area contributed by atoms with Gasteiger partial charge in [0, 0.05) is 13.1 Å². The first-order chi connectivity index (χ1) is 10.2. The van der Waals surface area contributed by atoms with Crippen LogP contribution in [0.15, 0.2) is 30.3 Å². The highest BCUT2D eigenvalue weighted by atomic mass is 19.4. The summed E-state index contributed by atoms with van der Waals surface area (Å²) in [5.74, 6) is -1.19. The van der Waals surface area contributed by atoms with Crippen molar-refractivity contribution in [1.82, 2.24) is 9.78 Å². The summed E-state index contributed by atoms with van der Waals surface area (Å²) in [6.45, 7) is 0. The molecule has 9 heteroatoms. The number of aromatic nitrogens is 2. The van der Waals surface area contributed by atoms with E-state index in [1.807, 2.05) is 0 Å². The van der Waals surface area contributed by atoms with Crippen molar-refractivity contribution < 1.29 is 26.7 Å². The molecule has 1 amide bonds. The maximum Gasteiger partial charge on any atom is 0.417 e. The van der Waals surface area contributed by atoms with Crippen molar-refractivity contribution in [2.24, 2.45) is 7.05 Å². The Bertz CT molecular complexity index is 693. The normalized spacial score (nSPS) is 11.8. The van der Waals surface area contributed by atoms with E-state index in [9.17, 15) is 26.7 Å². The van der Waals surface area contributed by atoms with E-state index >= 15 is 0 Å². The molecule has 118 valence electrons. The molecule has 0 bridgehead atoms. The number of amides is 1. The molecule has 0 fully saturated rings. The highest BCUT2D eigenvalue weighted by Gasteiger charge is 2.35. The summed E-state index contributed by atoms with van der Waals surface area (Å²) >= 11 is 0. The molecule has 4 nitrogen and oxygen atoms in total. The molecule has 0 spiro atoms. The smallest absolute Gasteiger partial charge is 0.307 e. The van der Waals surface area contributed by atoms with Crippen molar-refractivity contribution in [3.8, 4) is 0 Å². The van der Waals surface area contributed by atoms with Gasteiger partial charge < -0.3 is 5.32 Å². The van der Waals surface area contributed by atoms with Crippen LogP contribution in [0.4, 0.5) is 27.8 Å². The second-order valence-corrected chi connectivity index (χ2v) is 4.38. The van der Waals surface area contributed by atoms with Crippen molar-refractivity contribution in [3.05, 3.63) is 47.2 Å². The van der Waals surface area contributed by atoms with Gasteiger partial charge in [0.25, 0.3) is 12.3 Å². The molecule has 1 heterocycles. The van der Waals surface area contributed by atoms with Crippen molar-refractivity contribution in [2.75, 3.05) is 5.32 Å². The third-order valence-electron chi connectivity index (χ3n) is 2.84.